The summed E-state index contributed by atoms with van der Waals surface area (Å²) in [5.74, 6) is 0.581. The number of ether oxygens (including phenoxy) is 1. The van der Waals surface area contributed by atoms with E-state index >= 15 is 0 Å². The predicted molar refractivity (Wildman–Crippen MR) is 82.3 cm³/mol. The van der Waals surface area contributed by atoms with Gasteiger partial charge in [-0.15, -0.1) is 23.2 Å². The first-order valence-corrected chi connectivity index (χ1v) is 8.27. The highest BCUT2D eigenvalue weighted by Gasteiger charge is 2.31. The number of alkyl halides is 2. The van der Waals surface area contributed by atoms with Crippen molar-refractivity contribution < 1.29 is 9.13 Å². The van der Waals surface area contributed by atoms with E-state index in [1.165, 1.54) is 6.07 Å². The fraction of sp³-hybridized carbons (Fsp3) is 0.625. The van der Waals surface area contributed by atoms with Crippen LogP contribution in [-0.4, -0.2) is 24.5 Å². The molecule has 1 nitrogen and oxygen atoms in total. The molecule has 0 radical (unpaired) electrons. The van der Waals surface area contributed by atoms with Gasteiger partial charge in [-0.2, -0.15) is 0 Å². The zero-order valence-corrected chi connectivity index (χ0v) is 13.1. The summed E-state index contributed by atoms with van der Waals surface area (Å²) in [6, 6.07) is 6.64. The summed E-state index contributed by atoms with van der Waals surface area (Å²) in [6.45, 7) is 0.880. The van der Waals surface area contributed by atoms with Crippen molar-refractivity contribution in [1.82, 2.24) is 0 Å². The zero-order valence-electron chi connectivity index (χ0n) is 11.6. The summed E-state index contributed by atoms with van der Waals surface area (Å²) < 4.78 is 19.1. The molecule has 0 spiro atoms. The van der Waals surface area contributed by atoms with Crippen LogP contribution in [-0.2, 0) is 10.2 Å². The number of halogens is 3. The van der Waals surface area contributed by atoms with Gasteiger partial charge in [-0.1, -0.05) is 12.1 Å². The first kappa shape index (κ1) is 16.1. The minimum absolute atomic E-state index is 0.235. The number of hydrogen-bond acceptors (Lipinski definition) is 1. The first-order chi connectivity index (χ1) is 9.70. The second-order valence-electron chi connectivity index (χ2n) is 5.59. The van der Waals surface area contributed by atoms with Crippen LogP contribution in [0, 0.1) is 5.82 Å². The third-order valence-corrected chi connectivity index (χ3v) is 5.18. The van der Waals surface area contributed by atoms with Crippen LogP contribution in [0.1, 0.15) is 37.7 Å². The Morgan fingerprint density at radius 2 is 2.10 bits per heavy atom. The molecule has 1 heterocycles. The smallest absolute Gasteiger partial charge is 0.123 e. The Bertz CT molecular complexity index is 415. The Balaban J connectivity index is 2.00. The molecule has 1 atom stereocenters. The maximum atomic E-state index is 13.4. The lowest BCUT2D eigenvalue weighted by Crippen LogP contribution is -2.31. The lowest BCUT2D eigenvalue weighted by molar-refractivity contribution is 0.101. The SMILES string of the molecule is Fc1cccc(C(CCl)(CCl)CCCC2CCCO2)c1. The molecule has 2 rings (SSSR count). The van der Waals surface area contributed by atoms with Crippen LogP contribution < -0.4 is 0 Å². The van der Waals surface area contributed by atoms with Crippen molar-refractivity contribution >= 4 is 23.2 Å². The molecule has 0 N–H and O–H groups in total. The van der Waals surface area contributed by atoms with Gasteiger partial charge in [0.25, 0.3) is 0 Å². The third-order valence-electron chi connectivity index (χ3n) is 4.15. The molecule has 0 bridgehead atoms. The molecule has 1 aliphatic heterocycles. The fourth-order valence-electron chi connectivity index (χ4n) is 2.83. The van der Waals surface area contributed by atoms with Crippen LogP contribution in [0.2, 0.25) is 0 Å². The van der Waals surface area contributed by atoms with Gasteiger partial charge in [0.15, 0.2) is 0 Å². The van der Waals surface area contributed by atoms with E-state index < -0.39 is 0 Å². The largest absolute Gasteiger partial charge is 0.378 e. The molecule has 1 aromatic rings. The van der Waals surface area contributed by atoms with Crippen LogP contribution >= 0.6 is 23.2 Å². The van der Waals surface area contributed by atoms with Crippen molar-refractivity contribution in [2.75, 3.05) is 18.4 Å². The Kier molecular flexibility index (Phi) is 6.13. The van der Waals surface area contributed by atoms with Gasteiger partial charge in [-0.3, -0.25) is 0 Å². The van der Waals surface area contributed by atoms with Gasteiger partial charge in [-0.05, 0) is 49.8 Å². The molecule has 0 amide bonds. The summed E-state index contributed by atoms with van der Waals surface area (Å²) in [7, 11) is 0. The topological polar surface area (TPSA) is 9.23 Å². The van der Waals surface area contributed by atoms with Crippen LogP contribution in [0.4, 0.5) is 4.39 Å². The van der Waals surface area contributed by atoms with Gasteiger partial charge in [0.1, 0.15) is 5.82 Å². The summed E-state index contributed by atoms with van der Waals surface area (Å²) in [5.41, 5.74) is 0.555. The lowest BCUT2D eigenvalue weighted by Gasteiger charge is -2.30. The molecule has 20 heavy (non-hydrogen) atoms. The van der Waals surface area contributed by atoms with E-state index in [1.807, 2.05) is 6.07 Å². The van der Waals surface area contributed by atoms with E-state index in [0.29, 0.717) is 17.9 Å². The Morgan fingerprint density at radius 1 is 1.30 bits per heavy atom. The standard InChI is InChI=1S/C16H21Cl2FO/c17-11-16(12-18,13-4-1-5-14(19)10-13)8-2-6-15-7-3-9-20-15/h1,4-5,10,15H,2-3,6-9,11-12H2. The summed E-state index contributed by atoms with van der Waals surface area (Å²) >= 11 is 12.3. The summed E-state index contributed by atoms with van der Waals surface area (Å²) in [6.07, 6.45) is 5.58. The molecule has 1 fully saturated rings. The number of hydrogen-bond donors (Lipinski definition) is 0. The molecule has 112 valence electrons. The highest BCUT2D eigenvalue weighted by atomic mass is 35.5. The van der Waals surface area contributed by atoms with Crippen LogP contribution in [0.25, 0.3) is 0 Å². The van der Waals surface area contributed by atoms with Crippen molar-refractivity contribution in [3.8, 4) is 0 Å². The fourth-order valence-corrected chi connectivity index (χ4v) is 3.69. The van der Waals surface area contributed by atoms with E-state index in [0.717, 1.165) is 44.3 Å². The molecule has 4 heteroatoms. The van der Waals surface area contributed by atoms with Gasteiger partial charge in [0.2, 0.25) is 0 Å². The normalized spacial score (nSPS) is 19.4. The van der Waals surface area contributed by atoms with Gasteiger partial charge in [0, 0.05) is 23.8 Å². The van der Waals surface area contributed by atoms with Crippen LogP contribution in [0.15, 0.2) is 24.3 Å². The highest BCUT2D eigenvalue weighted by molar-refractivity contribution is 6.22. The molecular formula is C16H21Cl2FO. The van der Waals surface area contributed by atoms with E-state index in [1.54, 1.807) is 12.1 Å². The van der Waals surface area contributed by atoms with E-state index in [2.05, 4.69) is 0 Å². The monoisotopic (exact) mass is 318 g/mol. The van der Waals surface area contributed by atoms with Gasteiger partial charge < -0.3 is 4.74 Å². The van der Waals surface area contributed by atoms with Gasteiger partial charge in [0.05, 0.1) is 6.10 Å². The Hall–Kier alpha value is -0.310. The Morgan fingerprint density at radius 3 is 2.70 bits per heavy atom. The van der Waals surface area contributed by atoms with E-state index in [9.17, 15) is 4.39 Å². The maximum Gasteiger partial charge on any atom is 0.123 e. The second-order valence-corrected chi connectivity index (χ2v) is 6.12. The number of benzene rings is 1. The van der Waals surface area contributed by atoms with Crippen molar-refractivity contribution in [3.63, 3.8) is 0 Å². The predicted octanol–water partition coefficient (Wildman–Crippen LogP) is 4.89. The highest BCUT2D eigenvalue weighted by Crippen LogP contribution is 2.34. The molecule has 0 aromatic heterocycles. The molecule has 0 saturated carbocycles. The van der Waals surface area contributed by atoms with E-state index in [4.69, 9.17) is 27.9 Å². The zero-order chi connectivity index (χ0) is 14.4. The maximum absolute atomic E-state index is 13.4. The summed E-state index contributed by atoms with van der Waals surface area (Å²) in [4.78, 5) is 0. The minimum atomic E-state index is -0.343. The molecule has 0 aliphatic carbocycles. The molecular weight excluding hydrogens is 298 g/mol. The van der Waals surface area contributed by atoms with Crippen LogP contribution in [0.5, 0.6) is 0 Å². The molecule has 1 aromatic carbocycles. The van der Waals surface area contributed by atoms with Crippen LogP contribution in [0.3, 0.4) is 0 Å². The minimum Gasteiger partial charge on any atom is -0.378 e. The van der Waals surface area contributed by atoms with Crippen molar-refractivity contribution in [1.29, 1.82) is 0 Å². The van der Waals surface area contributed by atoms with Crippen molar-refractivity contribution in [3.05, 3.63) is 35.6 Å². The summed E-state index contributed by atoms with van der Waals surface area (Å²) in [5, 5.41) is 0. The number of rotatable bonds is 7. The molecule has 1 saturated heterocycles. The van der Waals surface area contributed by atoms with E-state index in [-0.39, 0.29) is 11.2 Å². The average Bonchev–Trinajstić information content (AvgIpc) is 2.97. The second kappa shape index (κ2) is 7.63. The van der Waals surface area contributed by atoms with Gasteiger partial charge in [-0.25, -0.2) is 4.39 Å². The van der Waals surface area contributed by atoms with Crippen molar-refractivity contribution in [2.24, 2.45) is 0 Å². The molecule has 1 unspecified atom stereocenters. The molecule has 1 aliphatic rings. The average molecular weight is 319 g/mol. The Labute approximate surface area is 130 Å². The quantitative estimate of drug-likeness (QED) is 0.650. The van der Waals surface area contributed by atoms with Gasteiger partial charge >= 0.3 is 0 Å². The third kappa shape index (κ3) is 3.87. The first-order valence-electron chi connectivity index (χ1n) is 7.20. The lowest BCUT2D eigenvalue weighted by atomic mass is 9.79. The van der Waals surface area contributed by atoms with Crippen molar-refractivity contribution in [2.45, 2.75) is 43.6 Å².